The zero-order valence-corrected chi connectivity index (χ0v) is 22.3. The Morgan fingerprint density at radius 2 is 1.42 bits per heavy atom. The molecule has 0 bridgehead atoms. The predicted octanol–water partition coefficient (Wildman–Crippen LogP) is 8.49. The molecular formula is C30H54O. The maximum absolute atomic E-state index is 10.9. The Kier molecular flexibility index (Phi) is 6.24. The molecule has 180 valence electrons. The van der Waals surface area contributed by atoms with E-state index in [1.165, 1.54) is 64.2 Å². The Hall–Kier alpha value is -0.0400. The van der Waals surface area contributed by atoms with Crippen molar-refractivity contribution < 1.29 is 5.11 Å². The minimum atomic E-state index is -0.107. The third-order valence-corrected chi connectivity index (χ3v) is 12.6. The minimum Gasteiger partial charge on any atom is -0.393 e. The highest BCUT2D eigenvalue weighted by molar-refractivity contribution is 5.17. The van der Waals surface area contributed by atoms with E-state index in [-0.39, 0.29) is 11.5 Å². The smallest absolute Gasteiger partial charge is 0.0594 e. The fourth-order valence-electron chi connectivity index (χ4n) is 10.5. The first-order chi connectivity index (χ1) is 14.4. The van der Waals surface area contributed by atoms with Gasteiger partial charge in [-0.05, 0) is 109 Å². The second kappa shape index (κ2) is 8.02. The molecule has 0 aromatic carbocycles. The van der Waals surface area contributed by atoms with Crippen LogP contribution in [0.5, 0.6) is 0 Å². The monoisotopic (exact) mass is 430 g/mol. The van der Waals surface area contributed by atoms with Gasteiger partial charge in [-0.2, -0.15) is 0 Å². The Morgan fingerprint density at radius 3 is 2.10 bits per heavy atom. The number of rotatable bonds is 5. The first-order valence-corrected chi connectivity index (χ1v) is 14.1. The number of fused-ring (bicyclic) bond motifs is 5. The van der Waals surface area contributed by atoms with Crippen molar-refractivity contribution in [2.24, 2.45) is 57.2 Å². The summed E-state index contributed by atoms with van der Waals surface area (Å²) in [6.45, 7) is 20.2. The van der Waals surface area contributed by atoms with Gasteiger partial charge < -0.3 is 5.11 Å². The SMILES string of the molecule is CC(C)CCC[C@@H](C)[C@H]1CC[C@@]2(C)[C@H]1CC[C@@H]1[C@@]3(C)CCC(O)C(C)(C)C3CC[C@]12C. The van der Waals surface area contributed by atoms with E-state index < -0.39 is 0 Å². The summed E-state index contributed by atoms with van der Waals surface area (Å²) in [6.07, 6.45) is 15.0. The molecule has 0 aromatic heterocycles. The lowest BCUT2D eigenvalue weighted by Crippen LogP contribution is -2.63. The van der Waals surface area contributed by atoms with Crippen molar-refractivity contribution in [3.63, 3.8) is 0 Å². The van der Waals surface area contributed by atoms with Crippen LogP contribution in [0.1, 0.15) is 126 Å². The molecule has 0 spiro atoms. The normalized spacial score (nSPS) is 49.9. The molecule has 1 heteroatoms. The molecule has 4 saturated carbocycles. The number of hydrogen-bond acceptors (Lipinski definition) is 1. The molecule has 4 rings (SSSR count). The maximum Gasteiger partial charge on any atom is 0.0594 e. The van der Waals surface area contributed by atoms with Crippen LogP contribution in [0.4, 0.5) is 0 Å². The van der Waals surface area contributed by atoms with Crippen LogP contribution in [0.2, 0.25) is 0 Å². The topological polar surface area (TPSA) is 20.2 Å². The lowest BCUT2D eigenvalue weighted by Gasteiger charge is -2.70. The predicted molar refractivity (Wildman–Crippen MR) is 133 cm³/mol. The van der Waals surface area contributed by atoms with E-state index in [1.807, 2.05) is 0 Å². The molecule has 4 fully saturated rings. The molecule has 0 radical (unpaired) electrons. The first-order valence-electron chi connectivity index (χ1n) is 14.1. The first kappa shape index (κ1) is 24.1. The largest absolute Gasteiger partial charge is 0.393 e. The van der Waals surface area contributed by atoms with Crippen molar-refractivity contribution in [2.75, 3.05) is 0 Å². The van der Waals surface area contributed by atoms with Gasteiger partial charge in [-0.25, -0.2) is 0 Å². The molecule has 1 N–H and O–H groups in total. The Bertz CT molecular complexity index is 651. The highest BCUT2D eigenvalue weighted by atomic mass is 16.3. The van der Waals surface area contributed by atoms with E-state index in [2.05, 4.69) is 55.4 Å². The van der Waals surface area contributed by atoms with Crippen LogP contribution < -0.4 is 0 Å². The van der Waals surface area contributed by atoms with E-state index in [0.29, 0.717) is 22.2 Å². The molecule has 4 aliphatic rings. The zero-order valence-electron chi connectivity index (χ0n) is 22.3. The summed E-state index contributed by atoms with van der Waals surface area (Å²) >= 11 is 0. The second-order valence-electron chi connectivity index (χ2n) is 14.5. The second-order valence-corrected chi connectivity index (χ2v) is 14.5. The van der Waals surface area contributed by atoms with Gasteiger partial charge in [-0.3, -0.25) is 0 Å². The molecule has 0 aliphatic heterocycles. The van der Waals surface area contributed by atoms with Crippen LogP contribution in [-0.2, 0) is 0 Å². The van der Waals surface area contributed by atoms with Crippen molar-refractivity contribution in [2.45, 2.75) is 132 Å². The molecule has 2 unspecified atom stereocenters. The Labute approximate surface area is 194 Å². The van der Waals surface area contributed by atoms with Crippen LogP contribution in [-0.4, -0.2) is 11.2 Å². The third-order valence-electron chi connectivity index (χ3n) is 12.6. The van der Waals surface area contributed by atoms with Crippen LogP contribution in [0.3, 0.4) is 0 Å². The molecule has 0 aromatic rings. The Morgan fingerprint density at radius 1 is 0.742 bits per heavy atom. The van der Waals surface area contributed by atoms with E-state index in [9.17, 15) is 5.11 Å². The lowest BCUT2D eigenvalue weighted by atomic mass is 9.35. The minimum absolute atomic E-state index is 0.0786. The summed E-state index contributed by atoms with van der Waals surface area (Å²) in [5.74, 6) is 5.21. The van der Waals surface area contributed by atoms with Gasteiger partial charge in [-0.1, -0.05) is 74.7 Å². The summed E-state index contributed by atoms with van der Waals surface area (Å²) in [7, 11) is 0. The van der Waals surface area contributed by atoms with Gasteiger partial charge >= 0.3 is 0 Å². The zero-order chi connectivity index (χ0) is 22.8. The highest BCUT2D eigenvalue weighted by Gasteiger charge is 2.68. The van der Waals surface area contributed by atoms with Crippen LogP contribution >= 0.6 is 0 Å². The molecule has 9 atom stereocenters. The van der Waals surface area contributed by atoms with Gasteiger partial charge in [0.25, 0.3) is 0 Å². The highest BCUT2D eigenvalue weighted by Crippen LogP contribution is 2.75. The lowest BCUT2D eigenvalue weighted by molar-refractivity contribution is -0.222. The molecule has 0 amide bonds. The summed E-state index contributed by atoms with van der Waals surface area (Å²) in [5.41, 5.74) is 1.52. The van der Waals surface area contributed by atoms with Crippen molar-refractivity contribution in [1.82, 2.24) is 0 Å². The van der Waals surface area contributed by atoms with E-state index in [0.717, 1.165) is 36.0 Å². The van der Waals surface area contributed by atoms with Crippen molar-refractivity contribution >= 4 is 0 Å². The van der Waals surface area contributed by atoms with E-state index in [4.69, 9.17) is 0 Å². The van der Waals surface area contributed by atoms with Gasteiger partial charge in [0.1, 0.15) is 0 Å². The van der Waals surface area contributed by atoms with Crippen molar-refractivity contribution in [3.05, 3.63) is 0 Å². The maximum atomic E-state index is 10.9. The molecular weight excluding hydrogens is 376 g/mol. The number of aliphatic hydroxyl groups excluding tert-OH is 1. The molecule has 0 saturated heterocycles. The van der Waals surface area contributed by atoms with Crippen LogP contribution in [0.25, 0.3) is 0 Å². The standard InChI is InChI=1S/C30H54O/c1-20(2)10-9-11-21(3)22-14-18-29(7)23(22)12-13-25-28(6)17-16-26(31)27(4,5)24(28)15-19-30(25,29)8/h20-26,31H,9-19H2,1-8H3/t21-,22-,23+,24?,25-,26?,28+,29+,30-/m1/s1. The quantitative estimate of drug-likeness (QED) is 0.463. The average Bonchev–Trinajstić information content (AvgIpc) is 3.03. The van der Waals surface area contributed by atoms with Gasteiger partial charge in [0.05, 0.1) is 6.10 Å². The number of hydrogen-bond donors (Lipinski definition) is 1. The summed E-state index contributed by atoms with van der Waals surface area (Å²) in [6, 6.07) is 0. The summed E-state index contributed by atoms with van der Waals surface area (Å²) in [4.78, 5) is 0. The molecule has 31 heavy (non-hydrogen) atoms. The van der Waals surface area contributed by atoms with Gasteiger partial charge in [0, 0.05) is 0 Å². The van der Waals surface area contributed by atoms with Gasteiger partial charge in [-0.15, -0.1) is 0 Å². The fourth-order valence-corrected chi connectivity index (χ4v) is 10.5. The third kappa shape index (κ3) is 3.49. The summed E-state index contributed by atoms with van der Waals surface area (Å²) < 4.78 is 0. The molecule has 1 nitrogen and oxygen atoms in total. The molecule has 4 aliphatic carbocycles. The van der Waals surface area contributed by atoms with Gasteiger partial charge in [0.2, 0.25) is 0 Å². The average molecular weight is 431 g/mol. The Balaban J connectivity index is 1.56. The fraction of sp³-hybridized carbons (Fsp3) is 1.00. The number of aliphatic hydroxyl groups is 1. The van der Waals surface area contributed by atoms with Crippen molar-refractivity contribution in [1.29, 1.82) is 0 Å². The van der Waals surface area contributed by atoms with Gasteiger partial charge in [0.15, 0.2) is 0 Å². The summed E-state index contributed by atoms with van der Waals surface area (Å²) in [5, 5.41) is 10.9. The van der Waals surface area contributed by atoms with Crippen molar-refractivity contribution in [3.8, 4) is 0 Å². The van der Waals surface area contributed by atoms with Crippen LogP contribution in [0, 0.1) is 57.2 Å². The molecule has 0 heterocycles. The van der Waals surface area contributed by atoms with E-state index in [1.54, 1.807) is 0 Å². The van der Waals surface area contributed by atoms with E-state index >= 15 is 0 Å². The van der Waals surface area contributed by atoms with Crippen LogP contribution in [0.15, 0.2) is 0 Å².